The molecule has 1 N–H and O–H groups in total. The number of pyridine rings is 1. The summed E-state index contributed by atoms with van der Waals surface area (Å²) in [5, 5.41) is 6.93. The van der Waals surface area contributed by atoms with Crippen molar-refractivity contribution in [1.29, 1.82) is 0 Å². The van der Waals surface area contributed by atoms with Crippen LogP contribution < -0.4 is 5.32 Å². The summed E-state index contributed by atoms with van der Waals surface area (Å²) in [5.74, 6) is 0.701. The molecule has 2 aromatic heterocycles. The first-order valence-corrected chi connectivity index (χ1v) is 7.76. The minimum absolute atomic E-state index is 0.0849. The molecule has 3 rings (SSSR count). The fraction of sp³-hybridized carbons (Fsp3) is 0.222. The van der Waals surface area contributed by atoms with Crippen molar-refractivity contribution in [2.75, 3.05) is 0 Å². The van der Waals surface area contributed by atoms with E-state index in [0.717, 1.165) is 5.56 Å². The Balaban J connectivity index is 1.82. The Hall–Kier alpha value is -3.02. The van der Waals surface area contributed by atoms with E-state index in [1.165, 1.54) is 0 Å². The lowest BCUT2D eigenvalue weighted by molar-refractivity contribution is 0.0909. The number of aromatic nitrogens is 3. The molecule has 6 nitrogen and oxygen atoms in total. The SMILES string of the molecule is CC(C)[C@H](NC(=O)c1ccccn1)c1nc(-c2ccccc2)no1. The van der Waals surface area contributed by atoms with E-state index < -0.39 is 0 Å². The van der Waals surface area contributed by atoms with Crippen LogP contribution in [0.3, 0.4) is 0 Å². The predicted molar refractivity (Wildman–Crippen MR) is 89.0 cm³/mol. The molecule has 0 radical (unpaired) electrons. The van der Waals surface area contributed by atoms with Crippen molar-refractivity contribution in [2.45, 2.75) is 19.9 Å². The maximum atomic E-state index is 12.3. The summed E-state index contributed by atoms with van der Waals surface area (Å²) < 4.78 is 5.38. The van der Waals surface area contributed by atoms with Crippen LogP contribution in [0.1, 0.15) is 36.3 Å². The molecule has 0 saturated carbocycles. The van der Waals surface area contributed by atoms with E-state index in [9.17, 15) is 4.79 Å². The van der Waals surface area contributed by atoms with E-state index in [-0.39, 0.29) is 17.9 Å². The Morgan fingerprint density at radius 3 is 2.50 bits per heavy atom. The summed E-state index contributed by atoms with van der Waals surface area (Å²) in [6.45, 7) is 3.96. The zero-order chi connectivity index (χ0) is 16.9. The standard InChI is InChI=1S/C18H18N4O2/c1-12(2)15(20-17(23)14-10-6-7-11-19-14)18-21-16(22-24-18)13-8-4-3-5-9-13/h3-12,15H,1-2H3,(H,20,23)/t15-/m0/s1. The van der Waals surface area contributed by atoms with Gasteiger partial charge in [-0.25, -0.2) is 0 Å². The largest absolute Gasteiger partial charge is 0.339 e. The number of hydrogen-bond acceptors (Lipinski definition) is 5. The fourth-order valence-corrected chi connectivity index (χ4v) is 2.29. The van der Waals surface area contributed by atoms with Gasteiger partial charge in [0, 0.05) is 11.8 Å². The predicted octanol–water partition coefficient (Wildman–Crippen LogP) is 3.26. The topological polar surface area (TPSA) is 80.9 Å². The van der Waals surface area contributed by atoms with Crippen molar-refractivity contribution in [1.82, 2.24) is 20.4 Å². The number of hydrogen-bond donors (Lipinski definition) is 1. The van der Waals surface area contributed by atoms with Gasteiger partial charge in [-0.2, -0.15) is 4.98 Å². The smallest absolute Gasteiger partial charge is 0.270 e. The van der Waals surface area contributed by atoms with Gasteiger partial charge in [-0.3, -0.25) is 9.78 Å². The minimum Gasteiger partial charge on any atom is -0.339 e. The Kier molecular flexibility index (Phi) is 4.65. The van der Waals surface area contributed by atoms with E-state index in [4.69, 9.17) is 4.52 Å². The van der Waals surface area contributed by atoms with Gasteiger partial charge in [0.15, 0.2) is 0 Å². The van der Waals surface area contributed by atoms with Crippen molar-refractivity contribution < 1.29 is 9.32 Å². The van der Waals surface area contributed by atoms with Crippen LogP contribution >= 0.6 is 0 Å². The first kappa shape index (κ1) is 15.9. The molecule has 0 bridgehead atoms. The van der Waals surface area contributed by atoms with Gasteiger partial charge in [0.25, 0.3) is 5.91 Å². The van der Waals surface area contributed by atoms with Crippen LogP contribution in [0.25, 0.3) is 11.4 Å². The molecule has 1 aromatic carbocycles. The monoisotopic (exact) mass is 322 g/mol. The maximum absolute atomic E-state index is 12.3. The quantitative estimate of drug-likeness (QED) is 0.780. The lowest BCUT2D eigenvalue weighted by Crippen LogP contribution is -2.32. The molecule has 0 fully saturated rings. The number of amides is 1. The Bertz CT molecular complexity index is 800. The first-order chi connectivity index (χ1) is 11.6. The van der Waals surface area contributed by atoms with E-state index in [1.807, 2.05) is 44.2 Å². The van der Waals surface area contributed by atoms with Gasteiger partial charge in [0.05, 0.1) is 0 Å². The molecule has 0 aliphatic heterocycles. The molecule has 1 atom stereocenters. The van der Waals surface area contributed by atoms with Gasteiger partial charge in [-0.15, -0.1) is 0 Å². The minimum atomic E-state index is -0.385. The van der Waals surface area contributed by atoms with Crippen molar-refractivity contribution in [3.8, 4) is 11.4 Å². The van der Waals surface area contributed by atoms with Crippen molar-refractivity contribution in [2.24, 2.45) is 5.92 Å². The Morgan fingerprint density at radius 1 is 1.08 bits per heavy atom. The molecule has 24 heavy (non-hydrogen) atoms. The molecule has 1 amide bonds. The molecule has 0 unspecified atom stereocenters. The van der Waals surface area contributed by atoms with Gasteiger partial charge < -0.3 is 9.84 Å². The lowest BCUT2D eigenvalue weighted by atomic mass is 10.0. The van der Waals surface area contributed by atoms with Gasteiger partial charge in [-0.1, -0.05) is 55.4 Å². The maximum Gasteiger partial charge on any atom is 0.270 e. The number of carbonyl (C=O) groups excluding carboxylic acids is 1. The summed E-state index contributed by atoms with van der Waals surface area (Å²) in [7, 11) is 0. The van der Waals surface area contributed by atoms with E-state index in [2.05, 4.69) is 20.4 Å². The van der Waals surface area contributed by atoms with Crippen LogP contribution in [0.2, 0.25) is 0 Å². The summed E-state index contributed by atoms with van der Waals surface area (Å²) in [4.78, 5) is 20.8. The van der Waals surface area contributed by atoms with Gasteiger partial charge in [0.2, 0.25) is 11.7 Å². The summed E-state index contributed by atoms with van der Waals surface area (Å²) >= 11 is 0. The molecule has 0 spiro atoms. The molecular weight excluding hydrogens is 304 g/mol. The molecule has 2 heterocycles. The highest BCUT2D eigenvalue weighted by molar-refractivity contribution is 5.92. The van der Waals surface area contributed by atoms with E-state index in [0.29, 0.717) is 17.4 Å². The highest BCUT2D eigenvalue weighted by atomic mass is 16.5. The first-order valence-electron chi connectivity index (χ1n) is 7.76. The average molecular weight is 322 g/mol. The number of rotatable bonds is 5. The molecule has 0 aliphatic rings. The van der Waals surface area contributed by atoms with Gasteiger partial charge in [0.1, 0.15) is 11.7 Å². The van der Waals surface area contributed by atoms with E-state index >= 15 is 0 Å². The zero-order valence-electron chi connectivity index (χ0n) is 13.5. The van der Waals surface area contributed by atoms with Crippen LogP contribution in [0, 0.1) is 5.92 Å². The molecule has 0 aliphatic carbocycles. The number of carbonyl (C=O) groups is 1. The average Bonchev–Trinajstić information content (AvgIpc) is 3.10. The summed E-state index contributed by atoms with van der Waals surface area (Å²) in [5.41, 5.74) is 1.22. The van der Waals surface area contributed by atoms with Crippen molar-refractivity contribution >= 4 is 5.91 Å². The number of nitrogens with zero attached hydrogens (tertiary/aromatic N) is 3. The third kappa shape index (κ3) is 3.48. The molecule has 122 valence electrons. The highest BCUT2D eigenvalue weighted by Gasteiger charge is 2.25. The van der Waals surface area contributed by atoms with Gasteiger partial charge >= 0.3 is 0 Å². The van der Waals surface area contributed by atoms with Crippen molar-refractivity contribution in [3.63, 3.8) is 0 Å². The van der Waals surface area contributed by atoms with Gasteiger partial charge in [-0.05, 0) is 18.1 Å². The van der Waals surface area contributed by atoms with Crippen LogP contribution in [0.15, 0.2) is 59.3 Å². The Morgan fingerprint density at radius 2 is 1.83 bits per heavy atom. The highest BCUT2D eigenvalue weighted by Crippen LogP contribution is 2.23. The number of benzene rings is 1. The van der Waals surface area contributed by atoms with Crippen LogP contribution in [-0.4, -0.2) is 21.0 Å². The third-order valence-corrected chi connectivity index (χ3v) is 3.59. The third-order valence-electron chi connectivity index (χ3n) is 3.59. The molecule has 0 saturated heterocycles. The second kappa shape index (κ2) is 7.04. The normalized spacial score (nSPS) is 12.1. The van der Waals surface area contributed by atoms with Crippen LogP contribution in [0.4, 0.5) is 0 Å². The van der Waals surface area contributed by atoms with Crippen LogP contribution in [0.5, 0.6) is 0 Å². The van der Waals surface area contributed by atoms with E-state index in [1.54, 1.807) is 24.4 Å². The Labute approximate surface area is 139 Å². The molecular formula is C18H18N4O2. The summed E-state index contributed by atoms with van der Waals surface area (Å²) in [6.07, 6.45) is 1.58. The molecule has 3 aromatic rings. The zero-order valence-corrected chi connectivity index (χ0v) is 13.5. The lowest BCUT2D eigenvalue weighted by Gasteiger charge is -2.18. The van der Waals surface area contributed by atoms with Crippen LogP contribution in [-0.2, 0) is 0 Å². The fourth-order valence-electron chi connectivity index (χ4n) is 2.29. The second-order valence-electron chi connectivity index (χ2n) is 5.73. The second-order valence-corrected chi connectivity index (χ2v) is 5.73. The van der Waals surface area contributed by atoms with Crippen molar-refractivity contribution in [3.05, 3.63) is 66.3 Å². The summed E-state index contributed by atoms with van der Waals surface area (Å²) in [6, 6.07) is 14.4. The number of nitrogens with one attached hydrogen (secondary N) is 1. The molecule has 6 heteroatoms.